The average molecular weight is 332 g/mol. The Morgan fingerprint density at radius 2 is 1.95 bits per heavy atom. The van der Waals surface area contributed by atoms with E-state index < -0.39 is 6.03 Å². The van der Waals surface area contributed by atoms with Gasteiger partial charge < -0.3 is 5.32 Å². The molecule has 0 spiro atoms. The van der Waals surface area contributed by atoms with Crippen molar-refractivity contribution < 1.29 is 9.59 Å². The van der Waals surface area contributed by atoms with E-state index in [9.17, 15) is 9.59 Å². The van der Waals surface area contributed by atoms with Crippen LogP contribution < -0.4 is 10.6 Å². The van der Waals surface area contributed by atoms with E-state index in [0.29, 0.717) is 16.6 Å². The van der Waals surface area contributed by atoms with Crippen LogP contribution in [0.1, 0.15) is 19.4 Å². The Hall–Kier alpha value is -1.30. The summed E-state index contributed by atoms with van der Waals surface area (Å²) in [5, 5.41) is 5.80. The molecule has 5 nitrogen and oxygen atoms in total. The third kappa shape index (κ3) is 6.33. The zero-order valence-electron chi connectivity index (χ0n) is 12.2. The molecule has 116 valence electrons. The summed E-state index contributed by atoms with van der Waals surface area (Å²) >= 11 is 12.0. The van der Waals surface area contributed by atoms with Gasteiger partial charge in [0.25, 0.3) is 0 Å². The summed E-state index contributed by atoms with van der Waals surface area (Å²) in [6.45, 7) is 4.17. The molecule has 0 saturated heterocycles. The van der Waals surface area contributed by atoms with Crippen LogP contribution in [-0.2, 0) is 11.3 Å². The van der Waals surface area contributed by atoms with Crippen LogP contribution in [0.5, 0.6) is 0 Å². The fourth-order valence-corrected chi connectivity index (χ4v) is 2.11. The van der Waals surface area contributed by atoms with Gasteiger partial charge in [0.05, 0.1) is 16.6 Å². The third-order valence-electron chi connectivity index (χ3n) is 2.56. The second-order valence-corrected chi connectivity index (χ2v) is 5.85. The Bertz CT molecular complexity index is 521. The van der Waals surface area contributed by atoms with E-state index in [4.69, 9.17) is 23.2 Å². The first kappa shape index (κ1) is 17.8. The second kappa shape index (κ2) is 8.22. The van der Waals surface area contributed by atoms with E-state index in [-0.39, 0.29) is 18.5 Å². The summed E-state index contributed by atoms with van der Waals surface area (Å²) in [5.41, 5.74) is 0.825. The molecule has 2 N–H and O–H groups in total. The molecule has 0 unspecified atom stereocenters. The molecule has 1 aromatic carbocycles. The van der Waals surface area contributed by atoms with Gasteiger partial charge in [0, 0.05) is 12.6 Å². The van der Waals surface area contributed by atoms with Crippen molar-refractivity contribution in [2.45, 2.75) is 26.4 Å². The normalized spacial score (nSPS) is 10.8. The summed E-state index contributed by atoms with van der Waals surface area (Å²) in [7, 11) is 1.76. The van der Waals surface area contributed by atoms with Gasteiger partial charge in [-0.1, -0.05) is 35.3 Å². The number of carbonyl (C=O) groups excluding carboxylic acids is 2. The molecule has 0 aliphatic rings. The number of amides is 3. The van der Waals surface area contributed by atoms with E-state index in [1.165, 1.54) is 0 Å². The van der Waals surface area contributed by atoms with E-state index in [1.54, 1.807) is 24.1 Å². The number of benzene rings is 1. The molecule has 3 amide bonds. The maximum absolute atomic E-state index is 11.7. The number of nitrogens with one attached hydrogen (secondary N) is 2. The number of halogens is 2. The van der Waals surface area contributed by atoms with Gasteiger partial charge in [0.2, 0.25) is 5.91 Å². The highest BCUT2D eigenvalue weighted by Crippen LogP contribution is 2.26. The molecule has 1 aromatic rings. The highest BCUT2D eigenvalue weighted by molar-refractivity contribution is 6.42. The number of carbonyl (C=O) groups is 2. The van der Waals surface area contributed by atoms with Gasteiger partial charge in [-0.15, -0.1) is 0 Å². The largest absolute Gasteiger partial charge is 0.336 e. The van der Waals surface area contributed by atoms with Crippen LogP contribution in [0.2, 0.25) is 10.0 Å². The van der Waals surface area contributed by atoms with E-state index in [1.807, 2.05) is 19.9 Å². The first-order valence-electron chi connectivity index (χ1n) is 6.51. The smallest absolute Gasteiger partial charge is 0.321 e. The lowest BCUT2D eigenvalue weighted by Gasteiger charge is -2.17. The molecule has 21 heavy (non-hydrogen) atoms. The molecule has 0 atom stereocenters. The standard InChI is InChI=1S/C14H19Cl2N3O2/c1-9(2)17-14(21)18-12(20)8-19(3)7-10-5-4-6-11(15)13(10)16/h4-6,9H,7-8H2,1-3H3,(H2,17,18,20,21). The summed E-state index contributed by atoms with van der Waals surface area (Å²) in [5.74, 6) is -0.381. The van der Waals surface area contributed by atoms with Crippen molar-refractivity contribution in [3.8, 4) is 0 Å². The van der Waals surface area contributed by atoms with Crippen molar-refractivity contribution in [2.75, 3.05) is 13.6 Å². The molecule has 1 rings (SSSR count). The Kier molecular flexibility index (Phi) is 6.95. The van der Waals surface area contributed by atoms with Crippen LogP contribution in [0.25, 0.3) is 0 Å². The number of hydrogen-bond donors (Lipinski definition) is 2. The molecule has 0 radical (unpaired) electrons. The number of urea groups is 1. The number of imide groups is 1. The lowest BCUT2D eigenvalue weighted by atomic mass is 10.2. The molecule has 0 bridgehead atoms. The number of hydrogen-bond acceptors (Lipinski definition) is 3. The molecule has 0 fully saturated rings. The van der Waals surface area contributed by atoms with Crippen LogP contribution in [-0.4, -0.2) is 36.5 Å². The Balaban J connectivity index is 2.50. The van der Waals surface area contributed by atoms with Crippen molar-refractivity contribution in [3.63, 3.8) is 0 Å². The van der Waals surface area contributed by atoms with Crippen LogP contribution in [0.15, 0.2) is 18.2 Å². The van der Waals surface area contributed by atoms with Crippen molar-refractivity contribution in [3.05, 3.63) is 33.8 Å². The van der Waals surface area contributed by atoms with Gasteiger partial charge in [0.15, 0.2) is 0 Å². The first-order valence-corrected chi connectivity index (χ1v) is 7.27. The van der Waals surface area contributed by atoms with Gasteiger partial charge in [-0.05, 0) is 32.5 Å². The van der Waals surface area contributed by atoms with Crippen LogP contribution >= 0.6 is 23.2 Å². The van der Waals surface area contributed by atoms with E-state index >= 15 is 0 Å². The second-order valence-electron chi connectivity index (χ2n) is 5.06. The number of nitrogens with zero attached hydrogens (tertiary/aromatic N) is 1. The zero-order chi connectivity index (χ0) is 16.0. The summed E-state index contributed by atoms with van der Waals surface area (Å²) in [6, 6.07) is 4.82. The highest BCUT2D eigenvalue weighted by atomic mass is 35.5. The monoisotopic (exact) mass is 331 g/mol. The predicted octanol–water partition coefficient (Wildman–Crippen LogP) is 2.66. The molecular weight excluding hydrogens is 313 g/mol. The summed E-state index contributed by atoms with van der Waals surface area (Å²) < 4.78 is 0. The summed E-state index contributed by atoms with van der Waals surface area (Å²) in [4.78, 5) is 24.9. The Labute approximate surface area is 134 Å². The Morgan fingerprint density at radius 3 is 2.57 bits per heavy atom. The van der Waals surface area contributed by atoms with Crippen molar-refractivity contribution in [2.24, 2.45) is 0 Å². The third-order valence-corrected chi connectivity index (χ3v) is 3.42. The summed E-state index contributed by atoms with van der Waals surface area (Å²) in [6.07, 6.45) is 0. The lowest BCUT2D eigenvalue weighted by Crippen LogP contribution is -2.45. The molecular formula is C14H19Cl2N3O2. The minimum absolute atomic E-state index is 0.0270. The van der Waals surface area contributed by atoms with Crippen LogP contribution in [0.4, 0.5) is 4.79 Å². The molecule has 0 aromatic heterocycles. The van der Waals surface area contributed by atoms with Crippen molar-refractivity contribution >= 4 is 35.1 Å². The van der Waals surface area contributed by atoms with E-state index in [2.05, 4.69) is 10.6 Å². The topological polar surface area (TPSA) is 61.4 Å². The maximum atomic E-state index is 11.7. The minimum atomic E-state index is -0.496. The van der Waals surface area contributed by atoms with Gasteiger partial charge in [-0.2, -0.15) is 0 Å². The lowest BCUT2D eigenvalue weighted by molar-refractivity contribution is -0.120. The molecule has 0 aliphatic carbocycles. The van der Waals surface area contributed by atoms with Gasteiger partial charge in [0.1, 0.15) is 0 Å². The van der Waals surface area contributed by atoms with E-state index in [0.717, 1.165) is 5.56 Å². The molecule has 7 heteroatoms. The van der Waals surface area contributed by atoms with Crippen molar-refractivity contribution in [1.29, 1.82) is 0 Å². The Morgan fingerprint density at radius 1 is 1.29 bits per heavy atom. The van der Waals surface area contributed by atoms with Crippen LogP contribution in [0.3, 0.4) is 0 Å². The predicted molar refractivity (Wildman–Crippen MR) is 84.6 cm³/mol. The van der Waals surface area contributed by atoms with Gasteiger partial charge >= 0.3 is 6.03 Å². The SMILES string of the molecule is CC(C)NC(=O)NC(=O)CN(C)Cc1cccc(Cl)c1Cl. The number of likely N-dealkylation sites (N-methyl/N-ethyl adjacent to an activating group) is 1. The van der Waals surface area contributed by atoms with Crippen LogP contribution in [0, 0.1) is 0 Å². The fourth-order valence-electron chi connectivity index (χ4n) is 1.73. The van der Waals surface area contributed by atoms with Gasteiger partial charge in [-0.3, -0.25) is 15.0 Å². The minimum Gasteiger partial charge on any atom is -0.336 e. The first-order chi connectivity index (χ1) is 9.79. The average Bonchev–Trinajstić information content (AvgIpc) is 2.33. The molecule has 0 aliphatic heterocycles. The molecule has 0 heterocycles. The maximum Gasteiger partial charge on any atom is 0.321 e. The quantitative estimate of drug-likeness (QED) is 0.871. The number of rotatable bonds is 5. The fraction of sp³-hybridized carbons (Fsp3) is 0.429. The van der Waals surface area contributed by atoms with Crippen molar-refractivity contribution in [1.82, 2.24) is 15.5 Å². The zero-order valence-corrected chi connectivity index (χ0v) is 13.8. The van der Waals surface area contributed by atoms with Gasteiger partial charge in [-0.25, -0.2) is 4.79 Å². The molecule has 0 saturated carbocycles. The highest BCUT2D eigenvalue weighted by Gasteiger charge is 2.13.